The first-order chi connectivity index (χ1) is 9.51. The topological polar surface area (TPSA) is 50.7 Å². The minimum absolute atomic E-state index is 0.388. The molecule has 2 aromatic rings. The minimum atomic E-state index is 0.388. The summed E-state index contributed by atoms with van der Waals surface area (Å²) in [7, 11) is 0. The van der Waals surface area contributed by atoms with Crippen molar-refractivity contribution in [3.8, 4) is 0 Å². The average Bonchev–Trinajstić information content (AvgIpc) is 2.78. The fourth-order valence-electron chi connectivity index (χ4n) is 1.88. The molecule has 0 bridgehead atoms. The maximum atomic E-state index is 4.73. The second-order valence-electron chi connectivity index (χ2n) is 4.93. The Balaban J connectivity index is 2.37. The third kappa shape index (κ3) is 3.66. The fraction of sp³-hybridized carbons (Fsp3) is 0.500. The van der Waals surface area contributed by atoms with Crippen molar-refractivity contribution in [3.05, 3.63) is 31.2 Å². The van der Waals surface area contributed by atoms with Crippen LogP contribution < -0.4 is 5.32 Å². The van der Waals surface area contributed by atoms with Gasteiger partial charge in [-0.3, -0.25) is 0 Å². The molecule has 0 atom stereocenters. The van der Waals surface area contributed by atoms with Crippen molar-refractivity contribution in [2.75, 3.05) is 11.9 Å². The SMILES string of the molecule is CCNc1nc(Cc2nc(C)cs2)nc(C(C)C)c1I. The van der Waals surface area contributed by atoms with E-state index in [-0.39, 0.29) is 0 Å². The van der Waals surface area contributed by atoms with Gasteiger partial charge in [0.15, 0.2) is 0 Å². The molecule has 4 nitrogen and oxygen atoms in total. The van der Waals surface area contributed by atoms with Crippen molar-refractivity contribution < 1.29 is 0 Å². The highest BCUT2D eigenvalue weighted by molar-refractivity contribution is 14.1. The molecular formula is C14H19IN4S. The van der Waals surface area contributed by atoms with Gasteiger partial charge < -0.3 is 5.32 Å². The van der Waals surface area contributed by atoms with Gasteiger partial charge in [0.05, 0.1) is 15.7 Å². The first-order valence-electron chi connectivity index (χ1n) is 6.72. The van der Waals surface area contributed by atoms with Crippen LogP contribution in [0.1, 0.15) is 48.9 Å². The molecule has 0 spiro atoms. The molecule has 2 aromatic heterocycles. The number of aromatic nitrogens is 3. The van der Waals surface area contributed by atoms with Crippen molar-refractivity contribution in [2.24, 2.45) is 0 Å². The van der Waals surface area contributed by atoms with Gasteiger partial charge in [-0.2, -0.15) is 0 Å². The highest BCUT2D eigenvalue weighted by Crippen LogP contribution is 2.26. The monoisotopic (exact) mass is 402 g/mol. The Labute approximate surface area is 137 Å². The van der Waals surface area contributed by atoms with Gasteiger partial charge in [0.2, 0.25) is 0 Å². The lowest BCUT2D eigenvalue weighted by Gasteiger charge is -2.14. The molecule has 6 heteroatoms. The Morgan fingerprint density at radius 1 is 1.30 bits per heavy atom. The number of nitrogens with zero attached hydrogens (tertiary/aromatic N) is 3. The fourth-order valence-corrected chi connectivity index (χ4v) is 3.70. The second kappa shape index (κ2) is 6.80. The van der Waals surface area contributed by atoms with Crippen LogP contribution in [0.5, 0.6) is 0 Å². The van der Waals surface area contributed by atoms with Gasteiger partial charge in [-0.25, -0.2) is 15.0 Å². The number of aryl methyl sites for hydroxylation is 1. The first kappa shape index (κ1) is 15.6. The number of thiazole rings is 1. The van der Waals surface area contributed by atoms with Gasteiger partial charge in [-0.05, 0) is 42.4 Å². The Morgan fingerprint density at radius 2 is 2.05 bits per heavy atom. The molecular weight excluding hydrogens is 383 g/mol. The van der Waals surface area contributed by atoms with E-state index in [1.54, 1.807) is 11.3 Å². The van der Waals surface area contributed by atoms with Crippen LogP contribution in [0, 0.1) is 10.5 Å². The lowest BCUT2D eigenvalue weighted by molar-refractivity contribution is 0.782. The Bertz CT molecular complexity index is 595. The molecule has 1 N–H and O–H groups in total. The molecule has 2 rings (SSSR count). The largest absolute Gasteiger partial charge is 0.369 e. The lowest BCUT2D eigenvalue weighted by atomic mass is 10.1. The molecule has 0 aliphatic heterocycles. The van der Waals surface area contributed by atoms with Crippen LogP contribution in [0.4, 0.5) is 5.82 Å². The molecule has 0 saturated heterocycles. The quantitative estimate of drug-likeness (QED) is 0.769. The van der Waals surface area contributed by atoms with Crippen LogP contribution >= 0.6 is 33.9 Å². The number of nitrogens with one attached hydrogen (secondary N) is 1. The summed E-state index contributed by atoms with van der Waals surface area (Å²) in [6.07, 6.45) is 0.702. The summed E-state index contributed by atoms with van der Waals surface area (Å²) in [6.45, 7) is 9.28. The first-order valence-corrected chi connectivity index (χ1v) is 8.68. The van der Waals surface area contributed by atoms with Crippen LogP contribution in [0.25, 0.3) is 0 Å². The van der Waals surface area contributed by atoms with E-state index in [2.05, 4.69) is 64.0 Å². The number of anilines is 1. The van der Waals surface area contributed by atoms with Gasteiger partial charge in [-0.1, -0.05) is 13.8 Å². The summed E-state index contributed by atoms with van der Waals surface area (Å²) in [5, 5.41) is 6.46. The van der Waals surface area contributed by atoms with E-state index in [0.29, 0.717) is 12.3 Å². The van der Waals surface area contributed by atoms with E-state index in [1.165, 1.54) is 0 Å². The summed E-state index contributed by atoms with van der Waals surface area (Å²) in [5.41, 5.74) is 2.17. The zero-order valence-electron chi connectivity index (χ0n) is 12.2. The van der Waals surface area contributed by atoms with Crippen LogP contribution in [0.2, 0.25) is 0 Å². The Morgan fingerprint density at radius 3 is 2.60 bits per heavy atom. The maximum absolute atomic E-state index is 4.73. The molecule has 108 valence electrons. The van der Waals surface area contributed by atoms with Gasteiger partial charge in [-0.15, -0.1) is 11.3 Å². The third-order valence-electron chi connectivity index (χ3n) is 2.79. The van der Waals surface area contributed by atoms with Crippen molar-refractivity contribution in [3.63, 3.8) is 0 Å². The number of rotatable bonds is 5. The predicted molar refractivity (Wildman–Crippen MR) is 92.7 cm³/mol. The van der Waals surface area contributed by atoms with E-state index in [1.807, 2.05) is 6.92 Å². The van der Waals surface area contributed by atoms with E-state index in [9.17, 15) is 0 Å². The van der Waals surface area contributed by atoms with Crippen LogP contribution in [-0.4, -0.2) is 21.5 Å². The second-order valence-corrected chi connectivity index (χ2v) is 6.95. The number of hydrogen-bond donors (Lipinski definition) is 1. The molecule has 0 aliphatic carbocycles. The summed E-state index contributed by atoms with van der Waals surface area (Å²) < 4.78 is 1.12. The molecule has 0 aromatic carbocycles. The molecule has 20 heavy (non-hydrogen) atoms. The van der Waals surface area contributed by atoms with Crippen molar-refractivity contribution in [1.29, 1.82) is 0 Å². The standard InChI is InChI=1S/C14H19IN4S/c1-5-16-14-12(15)13(8(2)3)18-10(19-14)6-11-17-9(4)7-20-11/h7-8H,5-6H2,1-4H3,(H,16,18,19). The van der Waals surface area contributed by atoms with Crippen molar-refractivity contribution in [1.82, 2.24) is 15.0 Å². The van der Waals surface area contributed by atoms with Crippen LogP contribution in [-0.2, 0) is 6.42 Å². The van der Waals surface area contributed by atoms with Gasteiger partial charge >= 0.3 is 0 Å². The average molecular weight is 402 g/mol. The summed E-state index contributed by atoms with van der Waals surface area (Å²) in [4.78, 5) is 13.9. The van der Waals surface area contributed by atoms with E-state index in [0.717, 1.165) is 38.2 Å². The van der Waals surface area contributed by atoms with Gasteiger partial charge in [0, 0.05) is 17.6 Å². The van der Waals surface area contributed by atoms with E-state index in [4.69, 9.17) is 4.98 Å². The van der Waals surface area contributed by atoms with Crippen molar-refractivity contribution >= 4 is 39.7 Å². The van der Waals surface area contributed by atoms with Crippen molar-refractivity contribution in [2.45, 2.75) is 40.0 Å². The molecule has 0 amide bonds. The highest BCUT2D eigenvalue weighted by Gasteiger charge is 2.15. The zero-order valence-corrected chi connectivity index (χ0v) is 15.2. The lowest BCUT2D eigenvalue weighted by Crippen LogP contribution is -2.11. The van der Waals surface area contributed by atoms with E-state index >= 15 is 0 Å². The van der Waals surface area contributed by atoms with E-state index < -0.39 is 0 Å². The minimum Gasteiger partial charge on any atom is -0.369 e. The van der Waals surface area contributed by atoms with Crippen LogP contribution in [0.3, 0.4) is 0 Å². The molecule has 0 aliphatic rings. The zero-order chi connectivity index (χ0) is 14.7. The number of hydrogen-bond acceptors (Lipinski definition) is 5. The summed E-state index contributed by atoms with van der Waals surface area (Å²) in [6, 6.07) is 0. The maximum Gasteiger partial charge on any atom is 0.143 e. The predicted octanol–water partition coefficient (Wildman–Crippen LogP) is 3.99. The van der Waals surface area contributed by atoms with Gasteiger partial charge in [0.25, 0.3) is 0 Å². The Hall–Kier alpha value is -0.760. The molecule has 2 heterocycles. The van der Waals surface area contributed by atoms with Crippen LogP contribution in [0.15, 0.2) is 5.38 Å². The smallest absolute Gasteiger partial charge is 0.143 e. The summed E-state index contributed by atoms with van der Waals surface area (Å²) >= 11 is 4.00. The summed E-state index contributed by atoms with van der Waals surface area (Å²) in [5.74, 6) is 2.17. The Kier molecular flexibility index (Phi) is 5.31. The normalized spacial score (nSPS) is 11.1. The molecule has 0 unspecified atom stereocenters. The molecule has 0 fully saturated rings. The third-order valence-corrected chi connectivity index (χ3v) is 4.82. The molecule has 0 radical (unpaired) electrons. The van der Waals surface area contributed by atoms with Gasteiger partial charge in [0.1, 0.15) is 16.6 Å². The number of halogens is 1. The molecule has 0 saturated carbocycles. The highest BCUT2D eigenvalue weighted by atomic mass is 127.